The molecular formula is C25H35NO5. The van der Waals surface area contributed by atoms with Crippen LogP contribution in [0.15, 0.2) is 36.4 Å². The molecule has 1 aliphatic carbocycles. The number of hydrogen-bond donors (Lipinski definition) is 2. The highest BCUT2D eigenvalue weighted by atomic mass is 16.5. The van der Waals surface area contributed by atoms with Gasteiger partial charge in [-0.3, -0.25) is 9.59 Å². The molecule has 1 amide bonds. The van der Waals surface area contributed by atoms with E-state index in [4.69, 9.17) is 9.84 Å². The molecule has 1 aliphatic heterocycles. The fourth-order valence-corrected chi connectivity index (χ4v) is 4.47. The van der Waals surface area contributed by atoms with E-state index in [1.165, 1.54) is 12.8 Å². The van der Waals surface area contributed by atoms with E-state index in [1.807, 2.05) is 35.2 Å². The number of carbonyl (C=O) groups excluding carboxylic acids is 1. The molecule has 0 spiro atoms. The number of aliphatic hydroxyl groups excluding tert-OH is 1. The first-order valence-corrected chi connectivity index (χ1v) is 11.7. The number of hydrogen-bond acceptors (Lipinski definition) is 4. The smallest absolute Gasteiger partial charge is 0.303 e. The fourth-order valence-electron chi connectivity index (χ4n) is 4.47. The Morgan fingerprint density at radius 2 is 1.94 bits per heavy atom. The minimum atomic E-state index is -0.755. The summed E-state index contributed by atoms with van der Waals surface area (Å²) in [5.74, 6) is 0.202. The summed E-state index contributed by atoms with van der Waals surface area (Å²) in [5, 5.41) is 19.3. The van der Waals surface area contributed by atoms with Crippen molar-refractivity contribution in [3.8, 4) is 5.75 Å². The van der Waals surface area contributed by atoms with Crippen LogP contribution in [-0.2, 0) is 9.59 Å². The summed E-state index contributed by atoms with van der Waals surface area (Å²) in [6.07, 6.45) is 12.8. The molecule has 0 aromatic heterocycles. The maximum Gasteiger partial charge on any atom is 0.303 e. The van der Waals surface area contributed by atoms with Gasteiger partial charge >= 0.3 is 5.97 Å². The van der Waals surface area contributed by atoms with Gasteiger partial charge in [0.25, 0.3) is 0 Å². The van der Waals surface area contributed by atoms with E-state index in [-0.39, 0.29) is 24.5 Å². The minimum Gasteiger partial charge on any atom is -0.490 e. The van der Waals surface area contributed by atoms with Crippen LogP contribution in [0.4, 0.5) is 0 Å². The van der Waals surface area contributed by atoms with Gasteiger partial charge in [0, 0.05) is 19.4 Å². The number of carbonyl (C=O) groups is 2. The molecule has 0 bridgehead atoms. The number of aliphatic carboxylic acids is 1. The second-order valence-corrected chi connectivity index (χ2v) is 8.68. The van der Waals surface area contributed by atoms with Crippen LogP contribution >= 0.6 is 0 Å². The van der Waals surface area contributed by atoms with Crippen molar-refractivity contribution in [2.45, 2.75) is 88.9 Å². The lowest BCUT2D eigenvalue weighted by Crippen LogP contribution is -2.32. The molecule has 2 aliphatic rings. The Labute approximate surface area is 184 Å². The number of carboxylic acid groups (broad SMARTS) is 1. The first-order chi connectivity index (χ1) is 15.0. The van der Waals surface area contributed by atoms with Crippen molar-refractivity contribution in [1.29, 1.82) is 0 Å². The number of nitrogens with zero attached hydrogens (tertiary/aromatic N) is 1. The van der Waals surface area contributed by atoms with Crippen LogP contribution in [-0.4, -0.2) is 45.7 Å². The summed E-state index contributed by atoms with van der Waals surface area (Å²) in [6.45, 7) is 0.682. The molecule has 31 heavy (non-hydrogen) atoms. The summed E-state index contributed by atoms with van der Waals surface area (Å²) in [7, 11) is 0. The Morgan fingerprint density at radius 1 is 1.16 bits per heavy atom. The number of likely N-dealkylation sites (tertiary alicyclic amines) is 1. The SMILES string of the molecule is O=C(O)CCCCCCN1C(=O)CC[C@@H]1/C=C/C(O)c1cccc(OC2CCCC2)c1. The first kappa shape index (κ1) is 23.3. The predicted octanol–water partition coefficient (Wildman–Crippen LogP) is 4.62. The Morgan fingerprint density at radius 3 is 2.71 bits per heavy atom. The molecule has 1 saturated carbocycles. The van der Waals surface area contributed by atoms with E-state index < -0.39 is 12.1 Å². The molecule has 6 nitrogen and oxygen atoms in total. The number of benzene rings is 1. The average molecular weight is 430 g/mol. The Balaban J connectivity index is 1.48. The minimum absolute atomic E-state index is 0.0130. The number of unbranched alkanes of at least 4 members (excludes halogenated alkanes) is 3. The van der Waals surface area contributed by atoms with Crippen molar-refractivity contribution in [3.63, 3.8) is 0 Å². The third kappa shape index (κ3) is 7.39. The topological polar surface area (TPSA) is 87.1 Å². The number of ether oxygens (including phenoxy) is 1. The van der Waals surface area contributed by atoms with E-state index in [0.29, 0.717) is 19.4 Å². The summed E-state index contributed by atoms with van der Waals surface area (Å²) < 4.78 is 6.04. The lowest BCUT2D eigenvalue weighted by molar-refractivity contribution is -0.137. The standard InChI is InChI=1S/C25H35NO5/c27-23(19-8-7-11-22(18-19)31-21-9-4-5-10-21)15-13-20-14-16-24(28)26(20)17-6-2-1-3-12-25(29)30/h7-8,11,13,15,18,20-21,23,27H,1-6,9-10,12,14,16-17H2,(H,29,30)/b15-13+/t20-,23?/m0/s1. The van der Waals surface area contributed by atoms with Gasteiger partial charge in [0.2, 0.25) is 5.91 Å². The molecule has 0 radical (unpaired) electrons. The molecule has 1 saturated heterocycles. The Bertz CT molecular complexity index is 756. The molecule has 2 N–H and O–H groups in total. The summed E-state index contributed by atoms with van der Waals surface area (Å²) in [6, 6.07) is 7.66. The van der Waals surface area contributed by atoms with Crippen molar-refractivity contribution in [2.75, 3.05) is 6.54 Å². The summed E-state index contributed by atoms with van der Waals surface area (Å²) >= 11 is 0. The van der Waals surface area contributed by atoms with Gasteiger partial charge in [-0.05, 0) is 62.6 Å². The molecule has 1 unspecified atom stereocenters. The zero-order chi connectivity index (χ0) is 22.1. The maximum absolute atomic E-state index is 12.3. The first-order valence-electron chi connectivity index (χ1n) is 11.7. The lowest BCUT2D eigenvalue weighted by atomic mass is 10.1. The third-order valence-electron chi connectivity index (χ3n) is 6.23. The van der Waals surface area contributed by atoms with Gasteiger partial charge in [0.05, 0.1) is 18.2 Å². The quantitative estimate of drug-likeness (QED) is 0.374. The van der Waals surface area contributed by atoms with E-state index >= 15 is 0 Å². The normalized spacial score (nSPS) is 20.6. The molecule has 1 heterocycles. The summed E-state index contributed by atoms with van der Waals surface area (Å²) in [5.41, 5.74) is 0.793. The molecule has 2 fully saturated rings. The van der Waals surface area contributed by atoms with Crippen molar-refractivity contribution < 1.29 is 24.5 Å². The van der Waals surface area contributed by atoms with E-state index in [0.717, 1.165) is 49.8 Å². The van der Waals surface area contributed by atoms with Gasteiger partial charge in [-0.1, -0.05) is 37.1 Å². The number of carboxylic acids is 1. The van der Waals surface area contributed by atoms with Gasteiger partial charge in [-0.15, -0.1) is 0 Å². The Kier molecular flexibility index (Phi) is 8.95. The Hall–Kier alpha value is -2.34. The third-order valence-corrected chi connectivity index (χ3v) is 6.23. The molecule has 2 atom stereocenters. The van der Waals surface area contributed by atoms with Crippen LogP contribution < -0.4 is 4.74 Å². The molecular weight excluding hydrogens is 394 g/mol. The highest BCUT2D eigenvalue weighted by Crippen LogP contribution is 2.27. The highest BCUT2D eigenvalue weighted by Gasteiger charge is 2.28. The van der Waals surface area contributed by atoms with Crippen molar-refractivity contribution in [1.82, 2.24) is 4.90 Å². The van der Waals surface area contributed by atoms with E-state index in [2.05, 4.69) is 0 Å². The van der Waals surface area contributed by atoms with Crippen LogP contribution in [0.2, 0.25) is 0 Å². The van der Waals surface area contributed by atoms with Gasteiger partial charge < -0.3 is 19.8 Å². The average Bonchev–Trinajstić information content (AvgIpc) is 3.38. The van der Waals surface area contributed by atoms with Gasteiger partial charge in [-0.25, -0.2) is 0 Å². The number of amides is 1. The van der Waals surface area contributed by atoms with Gasteiger partial charge in [0.15, 0.2) is 0 Å². The lowest BCUT2D eigenvalue weighted by Gasteiger charge is -2.22. The van der Waals surface area contributed by atoms with Crippen LogP contribution in [0.25, 0.3) is 0 Å². The molecule has 6 heteroatoms. The largest absolute Gasteiger partial charge is 0.490 e. The fraction of sp³-hybridized carbons (Fsp3) is 0.600. The predicted molar refractivity (Wildman–Crippen MR) is 119 cm³/mol. The van der Waals surface area contributed by atoms with Crippen molar-refractivity contribution in [3.05, 3.63) is 42.0 Å². The van der Waals surface area contributed by atoms with E-state index in [9.17, 15) is 14.7 Å². The second kappa shape index (κ2) is 11.9. The zero-order valence-corrected chi connectivity index (χ0v) is 18.2. The van der Waals surface area contributed by atoms with Crippen LogP contribution in [0.5, 0.6) is 5.75 Å². The highest BCUT2D eigenvalue weighted by molar-refractivity contribution is 5.79. The molecule has 3 rings (SSSR count). The summed E-state index contributed by atoms with van der Waals surface area (Å²) in [4.78, 5) is 24.7. The van der Waals surface area contributed by atoms with Crippen LogP contribution in [0.3, 0.4) is 0 Å². The van der Waals surface area contributed by atoms with Gasteiger partial charge in [-0.2, -0.15) is 0 Å². The number of aliphatic hydroxyl groups is 1. The molecule has 1 aromatic carbocycles. The number of rotatable bonds is 12. The van der Waals surface area contributed by atoms with Gasteiger partial charge in [0.1, 0.15) is 5.75 Å². The molecule has 1 aromatic rings. The monoisotopic (exact) mass is 429 g/mol. The van der Waals surface area contributed by atoms with Crippen LogP contribution in [0.1, 0.15) is 82.3 Å². The van der Waals surface area contributed by atoms with Crippen molar-refractivity contribution >= 4 is 11.9 Å². The van der Waals surface area contributed by atoms with E-state index in [1.54, 1.807) is 6.08 Å². The zero-order valence-electron chi connectivity index (χ0n) is 18.2. The van der Waals surface area contributed by atoms with Crippen LogP contribution in [0, 0.1) is 0 Å². The van der Waals surface area contributed by atoms with Crippen molar-refractivity contribution in [2.24, 2.45) is 0 Å². The molecule has 170 valence electrons. The maximum atomic E-state index is 12.3. The second-order valence-electron chi connectivity index (χ2n) is 8.68.